The predicted octanol–water partition coefficient (Wildman–Crippen LogP) is 4.79. The first-order valence-electron chi connectivity index (χ1n) is 6.77. The third kappa shape index (κ3) is 3.46. The molecule has 0 aliphatic heterocycles. The summed E-state index contributed by atoms with van der Waals surface area (Å²) in [5.74, 6) is 0. The van der Waals surface area contributed by atoms with E-state index in [-0.39, 0.29) is 0 Å². The monoisotopic (exact) mass is 238 g/mol. The minimum absolute atomic E-state index is 1.30. The Morgan fingerprint density at radius 2 is 1.06 bits per heavy atom. The van der Waals surface area contributed by atoms with Crippen LogP contribution in [0.25, 0.3) is 0 Å². The lowest BCUT2D eigenvalue weighted by molar-refractivity contribution is 0.912. The van der Waals surface area contributed by atoms with Gasteiger partial charge in [0.1, 0.15) is 0 Å². The van der Waals surface area contributed by atoms with Crippen molar-refractivity contribution in [3.05, 3.63) is 70.3 Å². The quantitative estimate of drug-likeness (QED) is 0.619. The minimum atomic E-state index is 1.30. The number of aryl methyl sites for hydroxylation is 5. The molecule has 0 heterocycles. The van der Waals surface area contributed by atoms with Crippen molar-refractivity contribution in [3.63, 3.8) is 0 Å². The van der Waals surface area contributed by atoms with Crippen LogP contribution < -0.4 is 0 Å². The Morgan fingerprint density at radius 3 is 1.44 bits per heavy atom. The molecule has 2 aromatic rings. The zero-order valence-electron chi connectivity index (χ0n) is 11.7. The van der Waals surface area contributed by atoms with Gasteiger partial charge < -0.3 is 0 Å². The van der Waals surface area contributed by atoms with E-state index in [0.29, 0.717) is 0 Å². The molecule has 0 N–H and O–H groups in total. The van der Waals surface area contributed by atoms with Gasteiger partial charge in [-0.05, 0) is 51.2 Å². The molecule has 0 bridgehead atoms. The van der Waals surface area contributed by atoms with Crippen LogP contribution >= 0.6 is 0 Å². The molecule has 0 fully saturated rings. The summed E-state index contributed by atoms with van der Waals surface area (Å²) in [5, 5.41) is 0. The number of rotatable bonds is 0. The van der Waals surface area contributed by atoms with Crippen LogP contribution in [0.15, 0.2) is 42.5 Å². The topological polar surface area (TPSA) is 0 Å². The van der Waals surface area contributed by atoms with Gasteiger partial charge in [-0.2, -0.15) is 0 Å². The summed E-state index contributed by atoms with van der Waals surface area (Å²) in [7, 11) is 0. The van der Waals surface area contributed by atoms with Crippen LogP contribution in [0, 0.1) is 20.8 Å². The molecule has 2 aromatic carbocycles. The van der Waals surface area contributed by atoms with Gasteiger partial charge in [0.15, 0.2) is 0 Å². The summed E-state index contributed by atoms with van der Waals surface area (Å²) >= 11 is 0. The second-order valence-corrected chi connectivity index (χ2v) is 5.29. The molecule has 0 spiro atoms. The van der Waals surface area contributed by atoms with Crippen LogP contribution in [0.1, 0.15) is 34.2 Å². The normalized spacial score (nSPS) is 12.6. The SMILES string of the molecule is Cc1cc(C)cc(C)c1.c1ccc2c(c1)CCC2. The van der Waals surface area contributed by atoms with Crippen LogP contribution in [-0.2, 0) is 12.8 Å². The molecular formula is C18H22. The fraction of sp³-hybridized carbons (Fsp3) is 0.333. The summed E-state index contributed by atoms with van der Waals surface area (Å²) in [6.45, 7) is 6.38. The Morgan fingerprint density at radius 1 is 0.667 bits per heavy atom. The average Bonchev–Trinajstić information content (AvgIpc) is 2.75. The van der Waals surface area contributed by atoms with Gasteiger partial charge in [-0.15, -0.1) is 0 Å². The molecule has 0 radical (unpaired) electrons. The molecule has 3 rings (SSSR count). The average molecular weight is 238 g/mol. The molecule has 1 aliphatic carbocycles. The molecule has 18 heavy (non-hydrogen) atoms. The van der Waals surface area contributed by atoms with Gasteiger partial charge in [-0.3, -0.25) is 0 Å². The number of hydrogen-bond acceptors (Lipinski definition) is 0. The van der Waals surface area contributed by atoms with Crippen molar-refractivity contribution in [2.45, 2.75) is 40.0 Å². The lowest BCUT2D eigenvalue weighted by Crippen LogP contribution is -1.78. The maximum Gasteiger partial charge on any atom is -0.0273 e. The lowest BCUT2D eigenvalue weighted by Gasteiger charge is -1.96. The van der Waals surface area contributed by atoms with Crippen LogP contribution in [0.4, 0.5) is 0 Å². The molecule has 0 atom stereocenters. The Labute approximate surface area is 111 Å². The zero-order chi connectivity index (χ0) is 13.0. The third-order valence-corrected chi connectivity index (χ3v) is 3.38. The molecule has 0 nitrogen and oxygen atoms in total. The predicted molar refractivity (Wildman–Crippen MR) is 79.1 cm³/mol. The number of benzene rings is 2. The van der Waals surface area contributed by atoms with Crippen LogP contribution in [0.3, 0.4) is 0 Å². The van der Waals surface area contributed by atoms with Crippen molar-refractivity contribution in [3.8, 4) is 0 Å². The van der Waals surface area contributed by atoms with Crippen molar-refractivity contribution < 1.29 is 0 Å². The fourth-order valence-electron chi connectivity index (χ4n) is 2.72. The van der Waals surface area contributed by atoms with Crippen molar-refractivity contribution in [2.75, 3.05) is 0 Å². The summed E-state index contributed by atoms with van der Waals surface area (Å²) in [5.41, 5.74) is 7.20. The van der Waals surface area contributed by atoms with E-state index in [0.717, 1.165) is 0 Å². The van der Waals surface area contributed by atoms with Crippen molar-refractivity contribution in [2.24, 2.45) is 0 Å². The van der Waals surface area contributed by atoms with Crippen molar-refractivity contribution >= 4 is 0 Å². The highest BCUT2D eigenvalue weighted by molar-refractivity contribution is 5.30. The number of fused-ring (bicyclic) bond motifs is 1. The molecule has 0 saturated heterocycles. The van der Waals surface area contributed by atoms with Crippen LogP contribution in [0.5, 0.6) is 0 Å². The summed E-state index contributed by atoms with van der Waals surface area (Å²) < 4.78 is 0. The van der Waals surface area contributed by atoms with Gasteiger partial charge in [0, 0.05) is 0 Å². The van der Waals surface area contributed by atoms with Crippen LogP contribution in [-0.4, -0.2) is 0 Å². The minimum Gasteiger partial charge on any atom is -0.0620 e. The van der Waals surface area contributed by atoms with E-state index in [2.05, 4.69) is 63.2 Å². The lowest BCUT2D eigenvalue weighted by atomic mass is 10.1. The first kappa shape index (κ1) is 12.9. The molecule has 0 amide bonds. The second kappa shape index (κ2) is 5.86. The standard InChI is InChI=1S/C9H10.C9H12/c1-2-5-9-7-3-6-8(9)4-1;1-7-4-8(2)6-9(3)5-7/h1-2,4-5H,3,6-7H2;4-6H,1-3H3. The maximum atomic E-state index is 2.24. The highest BCUT2D eigenvalue weighted by Crippen LogP contribution is 2.20. The largest absolute Gasteiger partial charge is 0.0620 e. The van der Waals surface area contributed by atoms with Gasteiger partial charge >= 0.3 is 0 Å². The number of hydrogen-bond donors (Lipinski definition) is 0. The molecule has 0 saturated carbocycles. The second-order valence-electron chi connectivity index (χ2n) is 5.29. The highest BCUT2D eigenvalue weighted by atomic mass is 14.1. The highest BCUT2D eigenvalue weighted by Gasteiger charge is 2.07. The summed E-state index contributed by atoms with van der Waals surface area (Å²) in [6.07, 6.45) is 3.96. The van der Waals surface area contributed by atoms with E-state index >= 15 is 0 Å². The molecular weight excluding hydrogens is 216 g/mol. The Balaban J connectivity index is 0.000000134. The van der Waals surface area contributed by atoms with Gasteiger partial charge in [0.2, 0.25) is 0 Å². The maximum absolute atomic E-state index is 2.24. The van der Waals surface area contributed by atoms with Gasteiger partial charge in [0.25, 0.3) is 0 Å². The molecule has 0 heteroatoms. The van der Waals surface area contributed by atoms with Crippen molar-refractivity contribution in [1.82, 2.24) is 0 Å². The molecule has 94 valence electrons. The molecule has 0 aromatic heterocycles. The first-order chi connectivity index (χ1) is 8.65. The first-order valence-corrected chi connectivity index (χ1v) is 6.77. The van der Waals surface area contributed by atoms with Crippen LogP contribution in [0.2, 0.25) is 0 Å². The molecule has 0 unspecified atom stereocenters. The van der Waals surface area contributed by atoms with E-state index in [4.69, 9.17) is 0 Å². The van der Waals surface area contributed by atoms with E-state index < -0.39 is 0 Å². The fourth-order valence-corrected chi connectivity index (χ4v) is 2.72. The van der Waals surface area contributed by atoms with E-state index in [1.54, 1.807) is 11.1 Å². The van der Waals surface area contributed by atoms with E-state index in [9.17, 15) is 0 Å². The summed E-state index contributed by atoms with van der Waals surface area (Å²) in [4.78, 5) is 0. The van der Waals surface area contributed by atoms with Gasteiger partial charge in [-0.25, -0.2) is 0 Å². The molecule has 1 aliphatic rings. The Kier molecular flexibility index (Phi) is 4.19. The third-order valence-electron chi connectivity index (χ3n) is 3.38. The zero-order valence-corrected chi connectivity index (χ0v) is 11.7. The Hall–Kier alpha value is -1.56. The van der Waals surface area contributed by atoms with Gasteiger partial charge in [-0.1, -0.05) is 59.2 Å². The summed E-state index contributed by atoms with van der Waals surface area (Å²) in [6, 6.07) is 15.3. The van der Waals surface area contributed by atoms with Gasteiger partial charge in [0.05, 0.1) is 0 Å². The van der Waals surface area contributed by atoms with E-state index in [1.165, 1.54) is 36.0 Å². The van der Waals surface area contributed by atoms with Crippen molar-refractivity contribution in [1.29, 1.82) is 0 Å². The Bertz CT molecular complexity index is 450. The van der Waals surface area contributed by atoms with E-state index in [1.807, 2.05) is 0 Å². The smallest absolute Gasteiger partial charge is 0.0273 e.